The van der Waals surface area contributed by atoms with Crippen LogP contribution in [0.3, 0.4) is 0 Å². The van der Waals surface area contributed by atoms with Crippen molar-refractivity contribution < 1.29 is 27.9 Å². The fraction of sp³-hybridized carbons (Fsp3) is 0.360. The van der Waals surface area contributed by atoms with Crippen molar-refractivity contribution in [1.82, 2.24) is 14.1 Å². The molecule has 0 spiro atoms. The van der Waals surface area contributed by atoms with Crippen molar-refractivity contribution in [3.63, 3.8) is 0 Å². The van der Waals surface area contributed by atoms with E-state index in [0.29, 0.717) is 31.9 Å². The molecule has 2 aliphatic rings. The number of benzene rings is 2. The first-order valence-electron chi connectivity index (χ1n) is 11.4. The van der Waals surface area contributed by atoms with E-state index in [0.717, 1.165) is 17.4 Å². The maximum absolute atomic E-state index is 13.1. The molecule has 0 radical (unpaired) electrons. The molecule has 1 amide bonds. The summed E-state index contributed by atoms with van der Waals surface area (Å²) in [6, 6.07) is 14.0. The van der Waals surface area contributed by atoms with Gasteiger partial charge < -0.3 is 14.7 Å². The second-order valence-electron chi connectivity index (χ2n) is 8.67. The van der Waals surface area contributed by atoms with Gasteiger partial charge in [-0.05, 0) is 29.8 Å². The zero-order valence-electron chi connectivity index (χ0n) is 19.8. The number of carbonyl (C=O) groups is 2. The van der Waals surface area contributed by atoms with Crippen molar-refractivity contribution in [3.8, 4) is 0 Å². The smallest absolute Gasteiger partial charge is 0.295 e. The monoisotopic (exact) mass is 499 g/mol. The molecule has 0 saturated carbocycles. The van der Waals surface area contributed by atoms with Gasteiger partial charge in [-0.3, -0.25) is 14.5 Å². The third-order valence-corrected chi connectivity index (χ3v) is 8.15. The molecule has 2 fully saturated rings. The van der Waals surface area contributed by atoms with Crippen LogP contribution < -0.4 is 0 Å². The number of aliphatic hydroxyl groups is 1. The molecule has 2 heterocycles. The second kappa shape index (κ2) is 10.3. The lowest BCUT2D eigenvalue weighted by atomic mass is 9.95. The molecule has 1 atom stereocenters. The molecule has 9 nitrogen and oxygen atoms in total. The summed E-state index contributed by atoms with van der Waals surface area (Å²) in [5.41, 5.74) is 0.961. The number of carbonyl (C=O) groups excluding carboxylic acids is 2. The van der Waals surface area contributed by atoms with Crippen LogP contribution in [-0.4, -0.2) is 92.8 Å². The fourth-order valence-electron chi connectivity index (χ4n) is 4.32. The van der Waals surface area contributed by atoms with Crippen LogP contribution in [0.15, 0.2) is 65.1 Å². The molecule has 35 heavy (non-hydrogen) atoms. The molecule has 0 aromatic heterocycles. The van der Waals surface area contributed by atoms with E-state index >= 15 is 0 Å². The van der Waals surface area contributed by atoms with E-state index in [-0.39, 0.29) is 21.8 Å². The molecule has 0 unspecified atom stereocenters. The van der Waals surface area contributed by atoms with Crippen molar-refractivity contribution in [2.24, 2.45) is 0 Å². The Labute approximate surface area is 205 Å². The molecular weight excluding hydrogens is 470 g/mol. The van der Waals surface area contributed by atoms with E-state index < -0.39 is 27.8 Å². The predicted octanol–water partition coefficient (Wildman–Crippen LogP) is 1.69. The van der Waals surface area contributed by atoms with Gasteiger partial charge in [0.1, 0.15) is 5.76 Å². The highest BCUT2D eigenvalue weighted by atomic mass is 32.2. The Bertz CT molecular complexity index is 1220. The molecule has 4 rings (SSSR count). The highest BCUT2D eigenvalue weighted by Crippen LogP contribution is 2.39. The van der Waals surface area contributed by atoms with Gasteiger partial charge in [-0.1, -0.05) is 30.3 Å². The van der Waals surface area contributed by atoms with Crippen LogP contribution in [0.1, 0.15) is 17.2 Å². The van der Waals surface area contributed by atoms with E-state index in [1.54, 1.807) is 0 Å². The average Bonchev–Trinajstić information content (AvgIpc) is 3.13. The van der Waals surface area contributed by atoms with Crippen molar-refractivity contribution in [3.05, 3.63) is 71.3 Å². The SMILES string of the molecule is CN(C)S(=O)(=O)c1ccc(C(O)=C2C(=O)C(=O)N(CCN3CCOCC3)[C@@H]2c2ccccc2)cc1. The number of morpholine rings is 1. The summed E-state index contributed by atoms with van der Waals surface area (Å²) in [6.07, 6.45) is 0. The molecule has 0 aliphatic carbocycles. The summed E-state index contributed by atoms with van der Waals surface area (Å²) < 4.78 is 31.2. The number of ether oxygens (including phenoxy) is 1. The van der Waals surface area contributed by atoms with Gasteiger partial charge in [0.25, 0.3) is 11.7 Å². The number of rotatable bonds is 7. The van der Waals surface area contributed by atoms with Crippen molar-refractivity contribution in [1.29, 1.82) is 0 Å². The van der Waals surface area contributed by atoms with Gasteiger partial charge in [0, 0.05) is 45.8 Å². The third kappa shape index (κ3) is 5.01. The number of aliphatic hydroxyl groups excluding tert-OH is 1. The Morgan fingerprint density at radius 1 is 1.00 bits per heavy atom. The van der Waals surface area contributed by atoms with Gasteiger partial charge in [0.05, 0.1) is 29.7 Å². The lowest BCUT2D eigenvalue weighted by Crippen LogP contribution is -2.42. The van der Waals surface area contributed by atoms with Crippen LogP contribution in [0.2, 0.25) is 0 Å². The first-order chi connectivity index (χ1) is 16.7. The molecule has 10 heteroatoms. The van der Waals surface area contributed by atoms with Crippen LogP contribution in [0, 0.1) is 0 Å². The number of hydrogen-bond donors (Lipinski definition) is 1. The van der Waals surface area contributed by atoms with Crippen molar-refractivity contribution >= 4 is 27.5 Å². The standard InChI is InChI=1S/C25H29N3O6S/c1-26(2)35(32,33)20-10-8-19(9-11-20)23(29)21-22(18-6-4-3-5-7-18)28(25(31)24(21)30)13-12-27-14-16-34-17-15-27/h3-11,22,29H,12-17H2,1-2H3/t22-/m1/s1. The molecular formula is C25H29N3O6S. The van der Waals surface area contributed by atoms with Gasteiger partial charge in [0.2, 0.25) is 10.0 Å². The fourth-order valence-corrected chi connectivity index (χ4v) is 5.22. The van der Waals surface area contributed by atoms with Crippen molar-refractivity contribution in [2.45, 2.75) is 10.9 Å². The number of nitrogens with zero attached hydrogens (tertiary/aromatic N) is 3. The Morgan fingerprint density at radius 2 is 1.63 bits per heavy atom. The minimum Gasteiger partial charge on any atom is -0.507 e. The lowest BCUT2D eigenvalue weighted by Gasteiger charge is -2.31. The number of sulfonamides is 1. The minimum atomic E-state index is -3.65. The van der Waals surface area contributed by atoms with Gasteiger partial charge in [-0.25, -0.2) is 12.7 Å². The summed E-state index contributed by atoms with van der Waals surface area (Å²) in [6.45, 7) is 3.66. The summed E-state index contributed by atoms with van der Waals surface area (Å²) in [4.78, 5) is 29.9. The zero-order valence-corrected chi connectivity index (χ0v) is 20.6. The van der Waals surface area contributed by atoms with Crippen LogP contribution in [0.4, 0.5) is 0 Å². The maximum atomic E-state index is 13.1. The summed E-state index contributed by atoms with van der Waals surface area (Å²) >= 11 is 0. The van der Waals surface area contributed by atoms with Crippen LogP contribution in [0.5, 0.6) is 0 Å². The molecule has 2 aliphatic heterocycles. The molecule has 186 valence electrons. The van der Waals surface area contributed by atoms with Gasteiger partial charge in [0.15, 0.2) is 0 Å². The first-order valence-corrected chi connectivity index (χ1v) is 12.8. The Balaban J connectivity index is 1.71. The highest BCUT2D eigenvalue weighted by Gasteiger charge is 2.46. The quantitative estimate of drug-likeness (QED) is 0.351. The predicted molar refractivity (Wildman–Crippen MR) is 130 cm³/mol. The first kappa shape index (κ1) is 25.1. The number of Topliss-reactive ketones (excluding diaryl/α,β-unsaturated/α-hetero) is 1. The summed E-state index contributed by atoms with van der Waals surface area (Å²) in [7, 11) is -0.782. The number of likely N-dealkylation sites (tertiary alicyclic amines) is 1. The largest absolute Gasteiger partial charge is 0.507 e. The Hall–Kier alpha value is -3.05. The van der Waals surface area contributed by atoms with E-state index in [9.17, 15) is 23.1 Å². The zero-order chi connectivity index (χ0) is 25.2. The highest BCUT2D eigenvalue weighted by molar-refractivity contribution is 7.89. The second-order valence-corrected chi connectivity index (χ2v) is 10.8. The van der Waals surface area contributed by atoms with E-state index in [2.05, 4.69) is 4.90 Å². The number of amides is 1. The Kier molecular flexibility index (Phi) is 7.36. The van der Waals surface area contributed by atoms with Crippen LogP contribution in [0.25, 0.3) is 5.76 Å². The van der Waals surface area contributed by atoms with Gasteiger partial charge in [-0.2, -0.15) is 0 Å². The van der Waals surface area contributed by atoms with E-state index in [4.69, 9.17) is 4.74 Å². The number of ketones is 1. The van der Waals surface area contributed by atoms with Gasteiger partial charge >= 0.3 is 0 Å². The van der Waals surface area contributed by atoms with Crippen LogP contribution in [-0.2, 0) is 24.3 Å². The van der Waals surface area contributed by atoms with Gasteiger partial charge in [-0.15, -0.1) is 0 Å². The van der Waals surface area contributed by atoms with E-state index in [1.165, 1.54) is 43.3 Å². The summed E-state index contributed by atoms with van der Waals surface area (Å²) in [5, 5.41) is 11.2. The summed E-state index contributed by atoms with van der Waals surface area (Å²) in [5.74, 6) is -1.76. The molecule has 2 aromatic carbocycles. The minimum absolute atomic E-state index is 0.00797. The van der Waals surface area contributed by atoms with Crippen molar-refractivity contribution in [2.75, 3.05) is 53.5 Å². The Morgan fingerprint density at radius 3 is 2.23 bits per heavy atom. The molecule has 2 saturated heterocycles. The normalized spacial score (nSPS) is 21.1. The topological polar surface area (TPSA) is 107 Å². The maximum Gasteiger partial charge on any atom is 0.295 e. The van der Waals surface area contributed by atoms with Crippen LogP contribution >= 0.6 is 0 Å². The average molecular weight is 500 g/mol. The third-order valence-electron chi connectivity index (χ3n) is 6.32. The molecule has 2 aromatic rings. The molecule has 0 bridgehead atoms. The number of hydrogen-bond acceptors (Lipinski definition) is 7. The van der Waals surface area contributed by atoms with E-state index in [1.807, 2.05) is 30.3 Å². The lowest BCUT2D eigenvalue weighted by molar-refractivity contribution is -0.140. The molecule has 1 N–H and O–H groups in total.